The Balaban J connectivity index is 2.13. The van der Waals surface area contributed by atoms with Crippen molar-refractivity contribution >= 4 is 11.9 Å². The number of benzene rings is 2. The third kappa shape index (κ3) is 3.15. The van der Waals surface area contributed by atoms with E-state index >= 15 is 0 Å². The molecule has 0 radical (unpaired) electrons. The van der Waals surface area contributed by atoms with Crippen molar-refractivity contribution in [3.8, 4) is 0 Å². The number of hydrogen-bond donors (Lipinski definition) is 1. The van der Waals surface area contributed by atoms with Crippen LogP contribution < -0.4 is 0 Å². The summed E-state index contributed by atoms with van der Waals surface area (Å²) >= 11 is 0. The normalized spacial score (nSPS) is 10.7. The standard InChI is InChI=1S/C16H14O2/c17-12-14-6-4-5-13(11-14)9-10-16(18)15-7-2-1-3-8-15/h1-11,17H,12H2/b10-9+. The lowest BCUT2D eigenvalue weighted by atomic mass is 10.1. The molecule has 0 aromatic heterocycles. The summed E-state index contributed by atoms with van der Waals surface area (Å²) in [4.78, 5) is 11.8. The van der Waals surface area contributed by atoms with Gasteiger partial charge in [-0.3, -0.25) is 4.79 Å². The number of rotatable bonds is 4. The molecule has 2 nitrogen and oxygen atoms in total. The largest absolute Gasteiger partial charge is 0.392 e. The highest BCUT2D eigenvalue weighted by Crippen LogP contribution is 2.08. The highest BCUT2D eigenvalue weighted by Gasteiger charge is 1.99. The van der Waals surface area contributed by atoms with E-state index in [4.69, 9.17) is 5.11 Å². The van der Waals surface area contributed by atoms with Gasteiger partial charge in [0, 0.05) is 5.56 Å². The van der Waals surface area contributed by atoms with Gasteiger partial charge in [0.05, 0.1) is 6.61 Å². The Labute approximate surface area is 106 Å². The Morgan fingerprint density at radius 3 is 2.56 bits per heavy atom. The van der Waals surface area contributed by atoms with Gasteiger partial charge in [0.1, 0.15) is 0 Å². The summed E-state index contributed by atoms with van der Waals surface area (Å²) in [5.74, 6) is -0.0231. The lowest BCUT2D eigenvalue weighted by Crippen LogP contribution is -1.92. The molecule has 0 aliphatic rings. The number of carbonyl (C=O) groups is 1. The van der Waals surface area contributed by atoms with Crippen molar-refractivity contribution in [1.29, 1.82) is 0 Å². The van der Waals surface area contributed by atoms with Crippen LogP contribution in [0.1, 0.15) is 21.5 Å². The van der Waals surface area contributed by atoms with Crippen LogP contribution in [0.3, 0.4) is 0 Å². The first-order valence-corrected chi connectivity index (χ1v) is 5.77. The van der Waals surface area contributed by atoms with Crippen molar-refractivity contribution < 1.29 is 9.90 Å². The van der Waals surface area contributed by atoms with Crippen molar-refractivity contribution in [1.82, 2.24) is 0 Å². The Hall–Kier alpha value is -2.19. The molecular weight excluding hydrogens is 224 g/mol. The van der Waals surface area contributed by atoms with Gasteiger partial charge < -0.3 is 5.11 Å². The fourth-order valence-corrected chi connectivity index (χ4v) is 1.67. The molecule has 0 amide bonds. The zero-order valence-electron chi connectivity index (χ0n) is 9.91. The van der Waals surface area contributed by atoms with Gasteiger partial charge in [-0.1, -0.05) is 54.6 Å². The van der Waals surface area contributed by atoms with Gasteiger partial charge in [-0.2, -0.15) is 0 Å². The van der Waals surface area contributed by atoms with E-state index in [1.165, 1.54) is 0 Å². The minimum atomic E-state index is -0.0231. The molecule has 90 valence electrons. The maximum absolute atomic E-state index is 11.8. The lowest BCUT2D eigenvalue weighted by Gasteiger charge is -1.98. The van der Waals surface area contributed by atoms with Gasteiger partial charge in [0.15, 0.2) is 5.78 Å². The molecule has 0 saturated heterocycles. The first-order chi connectivity index (χ1) is 8.79. The summed E-state index contributed by atoms with van der Waals surface area (Å²) in [5, 5.41) is 9.03. The Kier molecular flexibility index (Phi) is 4.05. The highest BCUT2D eigenvalue weighted by atomic mass is 16.3. The van der Waals surface area contributed by atoms with Gasteiger partial charge >= 0.3 is 0 Å². The van der Waals surface area contributed by atoms with Gasteiger partial charge in [0.2, 0.25) is 0 Å². The molecule has 0 atom stereocenters. The molecule has 0 spiro atoms. The van der Waals surface area contributed by atoms with Crippen molar-refractivity contribution in [3.63, 3.8) is 0 Å². The van der Waals surface area contributed by atoms with Crippen molar-refractivity contribution in [2.45, 2.75) is 6.61 Å². The Morgan fingerprint density at radius 1 is 1.06 bits per heavy atom. The second-order valence-electron chi connectivity index (χ2n) is 3.97. The second-order valence-corrected chi connectivity index (χ2v) is 3.97. The van der Waals surface area contributed by atoms with Crippen molar-refractivity contribution in [2.75, 3.05) is 0 Å². The Bertz CT molecular complexity index is 556. The molecule has 0 aliphatic carbocycles. The van der Waals surface area contributed by atoms with Crippen LogP contribution in [0.2, 0.25) is 0 Å². The number of allylic oxidation sites excluding steroid dienone is 1. The summed E-state index contributed by atoms with van der Waals surface area (Å²) in [6.45, 7) is 0.00825. The quantitative estimate of drug-likeness (QED) is 0.656. The predicted molar refractivity (Wildman–Crippen MR) is 72.2 cm³/mol. The predicted octanol–water partition coefficient (Wildman–Crippen LogP) is 3.08. The van der Waals surface area contributed by atoms with Crippen LogP contribution in [-0.4, -0.2) is 10.9 Å². The maximum Gasteiger partial charge on any atom is 0.185 e. The summed E-state index contributed by atoms with van der Waals surface area (Å²) in [7, 11) is 0. The SMILES string of the molecule is O=C(/C=C/c1cccc(CO)c1)c1ccccc1. The Morgan fingerprint density at radius 2 is 1.83 bits per heavy atom. The first kappa shape index (κ1) is 12.3. The molecule has 2 aromatic carbocycles. The van der Waals surface area contributed by atoms with Gasteiger partial charge in [-0.25, -0.2) is 0 Å². The average Bonchev–Trinajstić information content (AvgIpc) is 2.46. The van der Waals surface area contributed by atoms with Gasteiger partial charge in [0.25, 0.3) is 0 Å². The monoisotopic (exact) mass is 238 g/mol. The highest BCUT2D eigenvalue weighted by molar-refractivity contribution is 6.06. The van der Waals surface area contributed by atoms with Gasteiger partial charge in [-0.05, 0) is 23.3 Å². The molecule has 0 saturated carbocycles. The molecule has 0 fully saturated rings. The lowest BCUT2D eigenvalue weighted by molar-refractivity contribution is 0.104. The molecule has 0 aliphatic heterocycles. The molecule has 2 aromatic rings. The number of aliphatic hydroxyl groups is 1. The molecule has 0 heterocycles. The van der Waals surface area contributed by atoms with E-state index < -0.39 is 0 Å². The number of ketones is 1. The minimum absolute atomic E-state index is 0.00825. The number of carbonyl (C=O) groups excluding carboxylic acids is 1. The molecule has 0 unspecified atom stereocenters. The van der Waals surface area contributed by atoms with Crippen LogP contribution in [0.5, 0.6) is 0 Å². The fraction of sp³-hybridized carbons (Fsp3) is 0.0625. The topological polar surface area (TPSA) is 37.3 Å². The molecule has 2 heteroatoms. The molecule has 18 heavy (non-hydrogen) atoms. The third-order valence-corrected chi connectivity index (χ3v) is 2.62. The van der Waals surface area contributed by atoms with Crippen molar-refractivity contribution in [3.05, 3.63) is 77.4 Å². The number of hydrogen-bond acceptors (Lipinski definition) is 2. The first-order valence-electron chi connectivity index (χ1n) is 5.77. The third-order valence-electron chi connectivity index (χ3n) is 2.62. The maximum atomic E-state index is 11.8. The molecule has 2 rings (SSSR count). The summed E-state index contributed by atoms with van der Waals surface area (Å²) in [5.41, 5.74) is 2.42. The second kappa shape index (κ2) is 5.94. The van der Waals surface area contributed by atoms with Crippen LogP contribution in [-0.2, 0) is 6.61 Å². The van der Waals surface area contributed by atoms with E-state index in [9.17, 15) is 4.79 Å². The van der Waals surface area contributed by atoms with E-state index in [-0.39, 0.29) is 12.4 Å². The van der Waals surface area contributed by atoms with E-state index in [0.717, 1.165) is 11.1 Å². The average molecular weight is 238 g/mol. The van der Waals surface area contributed by atoms with E-state index in [0.29, 0.717) is 5.56 Å². The van der Waals surface area contributed by atoms with E-state index in [1.807, 2.05) is 42.5 Å². The summed E-state index contributed by atoms with van der Waals surface area (Å²) < 4.78 is 0. The fourth-order valence-electron chi connectivity index (χ4n) is 1.67. The van der Waals surface area contributed by atoms with E-state index in [1.54, 1.807) is 24.3 Å². The van der Waals surface area contributed by atoms with E-state index in [2.05, 4.69) is 0 Å². The van der Waals surface area contributed by atoms with Crippen LogP contribution in [0.25, 0.3) is 6.08 Å². The zero-order valence-corrected chi connectivity index (χ0v) is 9.91. The van der Waals surface area contributed by atoms with Crippen LogP contribution in [0.15, 0.2) is 60.7 Å². The van der Waals surface area contributed by atoms with Crippen LogP contribution in [0.4, 0.5) is 0 Å². The van der Waals surface area contributed by atoms with Gasteiger partial charge in [-0.15, -0.1) is 0 Å². The molecule has 0 bridgehead atoms. The number of aliphatic hydroxyl groups excluding tert-OH is 1. The zero-order chi connectivity index (χ0) is 12.8. The van der Waals surface area contributed by atoms with Crippen molar-refractivity contribution in [2.24, 2.45) is 0 Å². The minimum Gasteiger partial charge on any atom is -0.392 e. The van der Waals surface area contributed by atoms with Crippen LogP contribution in [0, 0.1) is 0 Å². The smallest absolute Gasteiger partial charge is 0.185 e. The molecular formula is C16H14O2. The summed E-state index contributed by atoms with van der Waals surface area (Å²) in [6, 6.07) is 16.6. The molecule has 1 N–H and O–H groups in total. The summed E-state index contributed by atoms with van der Waals surface area (Å²) in [6.07, 6.45) is 3.31. The van der Waals surface area contributed by atoms with Crippen LogP contribution >= 0.6 is 0 Å².